The first-order valence-electron chi connectivity index (χ1n) is 51.7. The summed E-state index contributed by atoms with van der Waals surface area (Å²) < 4.78 is 2.42. The Bertz CT molecular complexity index is 7260. The van der Waals surface area contributed by atoms with Crippen LogP contribution < -0.4 is 39.9 Å². The van der Waals surface area contributed by atoms with E-state index in [9.17, 15) is 0 Å². The summed E-state index contributed by atoms with van der Waals surface area (Å²) in [5, 5.41) is 0. The zero-order valence-corrected chi connectivity index (χ0v) is 99.5. The molecular weight excluding hydrogens is 1870 g/mol. The van der Waals surface area contributed by atoms with Gasteiger partial charge >= 0.3 is 39.0 Å². The Morgan fingerprint density at radius 3 is 0.538 bits per heavy atom. The fraction of sp³-hybridized carbons (Fsp3) is 0.358. The molecule has 0 saturated heterocycles. The largest absolute Gasteiger partial charge is 2.00 e. The zero-order chi connectivity index (χ0) is 103. The van der Waals surface area contributed by atoms with E-state index in [4.69, 9.17) is 39.9 Å². The number of benzene rings is 7. The first kappa shape index (κ1) is 106. The molecule has 0 radical (unpaired) electrons. The van der Waals surface area contributed by atoms with Crippen molar-refractivity contribution in [3.05, 3.63) is 315 Å². The van der Waals surface area contributed by atoms with Crippen molar-refractivity contribution < 1.29 is 39.0 Å². The van der Waals surface area contributed by atoms with E-state index in [0.717, 1.165) is 183 Å². The van der Waals surface area contributed by atoms with Crippen molar-refractivity contribution in [2.45, 2.75) is 314 Å². The number of rotatable bonds is 9. The predicted octanol–water partition coefficient (Wildman–Crippen LogP) is 35.6. The molecule has 16 bridgehead atoms. The van der Waals surface area contributed by atoms with Gasteiger partial charge in [-0.1, -0.05) is 350 Å². The van der Waals surface area contributed by atoms with Crippen LogP contribution in [0.25, 0.3) is 183 Å². The van der Waals surface area contributed by atoms with E-state index in [1.54, 1.807) is 0 Å². The molecule has 0 aliphatic rings. The summed E-state index contributed by atoms with van der Waals surface area (Å²) in [6.07, 6.45) is 0. The second-order valence-corrected chi connectivity index (χ2v) is 53.3. The Hall–Kier alpha value is -11.7. The van der Waals surface area contributed by atoms with Gasteiger partial charge in [0.1, 0.15) is 0 Å². The molecule has 0 N–H and O–H groups in total. The monoisotopic (exact) mass is 2010 g/mol. The van der Waals surface area contributed by atoms with Crippen molar-refractivity contribution in [1.82, 2.24) is 44.4 Å². The van der Waals surface area contributed by atoms with E-state index in [0.29, 0.717) is 0 Å². The third-order valence-electron chi connectivity index (χ3n) is 29.3. The number of nitrogens with zero attached hydrogens (tertiary/aromatic N) is 9. The van der Waals surface area contributed by atoms with Crippen LogP contribution in [0.1, 0.15) is 316 Å². The molecule has 0 atom stereocenters. The summed E-state index contributed by atoms with van der Waals surface area (Å²) in [5.74, 6) is 0. The molecule has 145 heavy (non-hydrogen) atoms. The van der Waals surface area contributed by atoms with E-state index in [-0.39, 0.29) is 104 Å². The van der Waals surface area contributed by atoms with E-state index < -0.39 is 0 Å². The zero-order valence-electron chi connectivity index (χ0n) is 93.6. The van der Waals surface area contributed by atoms with Crippen molar-refractivity contribution in [1.29, 1.82) is 0 Å². The van der Waals surface area contributed by atoms with Gasteiger partial charge in [0, 0.05) is 101 Å². The van der Waals surface area contributed by atoms with E-state index >= 15 is 0 Å². The summed E-state index contributed by atoms with van der Waals surface area (Å²) in [7, 11) is 0. The van der Waals surface area contributed by atoms with Gasteiger partial charge in [0.2, 0.25) is 0 Å². The van der Waals surface area contributed by atoms with Crippen molar-refractivity contribution in [3.63, 3.8) is 0 Å². The molecule has 0 aliphatic carbocycles. The Labute approximate surface area is 889 Å². The average Bonchev–Trinajstić information content (AvgIpc) is 1.59. The van der Waals surface area contributed by atoms with Crippen LogP contribution in [0, 0.1) is 0 Å². The third kappa shape index (κ3) is 21.2. The van der Waals surface area contributed by atoms with Crippen LogP contribution in [0.15, 0.2) is 249 Å². The maximum atomic E-state index is 6.18. The molecule has 0 fully saturated rings. The standard InChI is InChI=1S/C134H149N9.2Zn/c1-123(2,3)84-60-78(61-85(72-84)124(4,5)6)115-97-42-46-101(135-97)117(80-64-88(127(13,14)15)74-89(65-80)128(16,17)18)105-50-54-109(139-105)121(110-55-51-106(140-110)118(102-47-43-98(115)136-102)81-66-90(129(19,20)21)75-91(67-81)130(22,23)24)113-58-59-114(143(113)96-40-38-37-39-41-96)122-111-56-52-107(141-111)119(82-68-92(131(25,26)27)76-93(69-82)132(28,29)30)103-48-44-99(137-103)116(79-62-86(125(7,8)9)73-87(63-79)126(10,11)12)100-45-49-104(138-100)120(108-53-57-112(122)142-108)83-70-94(133(31,32)33)77-95(71-83)134(34,35)36;;/h37-77H,1-36H3;;/q-4;2*+2. The molecule has 9 nitrogen and oxygen atoms in total. The normalized spacial score (nSPS) is 13.1. The Balaban J connectivity index is 0.00000753. The molecule has 0 spiro atoms. The second kappa shape index (κ2) is 37.3. The minimum Gasteiger partial charge on any atom is -0.657 e. The number of hydrogen-bond donors (Lipinski definition) is 0. The van der Waals surface area contributed by atoms with Crippen molar-refractivity contribution in [2.24, 2.45) is 0 Å². The molecule has 0 aliphatic heterocycles. The van der Waals surface area contributed by atoms with Gasteiger partial charge in [0.05, 0.1) is 33.6 Å². The topological polar surface area (TPSA) is 118 Å². The Morgan fingerprint density at radius 2 is 0.331 bits per heavy atom. The van der Waals surface area contributed by atoms with Gasteiger partial charge in [0.25, 0.3) is 0 Å². The number of hydrogen-bond acceptors (Lipinski definition) is 0. The average molecular weight is 2020 g/mol. The van der Waals surface area contributed by atoms with E-state index in [1.807, 2.05) is 0 Å². The van der Waals surface area contributed by atoms with Crippen molar-refractivity contribution >= 4 is 88.3 Å². The second-order valence-electron chi connectivity index (χ2n) is 53.3. The summed E-state index contributed by atoms with van der Waals surface area (Å²) in [5.41, 5.74) is 40.8. The molecule has 18 aromatic rings. The van der Waals surface area contributed by atoms with Crippen LogP contribution in [0.5, 0.6) is 0 Å². The summed E-state index contributed by atoms with van der Waals surface area (Å²) >= 11 is 0. The quantitative estimate of drug-likeness (QED) is 0.104. The minimum absolute atomic E-state index is 0. The van der Waals surface area contributed by atoms with Crippen LogP contribution in [-0.2, 0) is 104 Å². The molecule has 11 heterocycles. The molecule has 11 heteroatoms. The Kier molecular flexibility index (Phi) is 27.3. The van der Waals surface area contributed by atoms with Gasteiger partial charge in [-0.2, -0.15) is 0 Å². The molecule has 734 valence electrons. The van der Waals surface area contributed by atoms with Gasteiger partial charge in [-0.3, -0.25) is 0 Å². The maximum Gasteiger partial charge on any atom is 2.00 e. The fourth-order valence-corrected chi connectivity index (χ4v) is 20.0. The predicted molar refractivity (Wildman–Crippen MR) is 613 cm³/mol. The summed E-state index contributed by atoms with van der Waals surface area (Å²) in [4.78, 5) is 48.9. The van der Waals surface area contributed by atoms with Crippen LogP contribution in [-0.4, -0.2) is 4.57 Å². The van der Waals surface area contributed by atoms with Gasteiger partial charge < -0.3 is 44.4 Å². The van der Waals surface area contributed by atoms with Crippen LogP contribution in [0.4, 0.5) is 0 Å². The van der Waals surface area contributed by atoms with Crippen LogP contribution in [0.3, 0.4) is 0 Å². The minimum atomic E-state index is -0.225. The molecule has 0 saturated carbocycles. The molecular formula is C134H149N9Zn2. The molecule has 0 amide bonds. The van der Waals surface area contributed by atoms with Gasteiger partial charge in [-0.05, 0) is 284 Å². The van der Waals surface area contributed by atoms with Crippen molar-refractivity contribution in [3.8, 4) is 95.0 Å². The maximum absolute atomic E-state index is 6.18. The van der Waals surface area contributed by atoms with Crippen molar-refractivity contribution in [2.75, 3.05) is 0 Å². The first-order valence-corrected chi connectivity index (χ1v) is 51.7. The molecule has 11 aromatic heterocycles. The van der Waals surface area contributed by atoms with Gasteiger partial charge in [0.15, 0.2) is 0 Å². The molecule has 7 aromatic carbocycles. The van der Waals surface area contributed by atoms with Gasteiger partial charge in [-0.15, -0.1) is 44.1 Å². The summed E-state index contributed by atoms with van der Waals surface area (Å²) in [6, 6.07) is 94.3. The smallest absolute Gasteiger partial charge is 0.657 e. The van der Waals surface area contributed by atoms with Crippen LogP contribution in [0.2, 0.25) is 0 Å². The Morgan fingerprint density at radius 1 is 0.166 bits per heavy atom. The molecule has 18 rings (SSSR count). The third-order valence-corrected chi connectivity index (χ3v) is 29.3. The SMILES string of the molecule is CC(C)(C)c1cc(-c2c3ccc([n-]3)c(-c3ccc(-c4c5ccc([n-]5)c(-c5cc(C(C)(C)C)cc(C(C)(C)C)c5)c5ccc([n-]5)[c+](-c5cc(C(C)(C)C)cc(C(C)(C)C)c5)c5ccc([n-]5)[c+](-c5cc(C(C)(C)C)cc(C(C)(C)C)c5)c5ccc4[n-]5)n3-c3ccccc3)c3ccc([n-]3)[c+](-c3cc(C(C)(C)C)cc(C(C)(C)C)c3)c3ccc([n-]3)[c+](-c3cc(C(C)(C)C)cc(C(C)(C)C)c3)c3ccc2[n-]3)cc(C(C)(C)C)c1.[Zn+2].[Zn+2]. The number of para-hydroxylation sites is 1. The fourth-order valence-electron chi connectivity index (χ4n) is 20.0. The van der Waals surface area contributed by atoms with E-state index in [1.165, 1.54) is 66.8 Å². The summed E-state index contributed by atoms with van der Waals surface area (Å²) in [6.45, 7) is 83.5. The number of aromatic nitrogens is 9. The van der Waals surface area contributed by atoms with Gasteiger partial charge in [-0.25, -0.2) is 0 Å². The molecule has 0 unspecified atom stereocenters. The first-order chi connectivity index (χ1) is 66.4. The van der Waals surface area contributed by atoms with E-state index in [2.05, 4.69) is 503 Å². The van der Waals surface area contributed by atoms with Crippen LogP contribution >= 0.6 is 0 Å². The number of fused-ring (bicyclic) bond motifs is 16.